The van der Waals surface area contributed by atoms with Crippen molar-refractivity contribution in [2.45, 2.75) is 39.3 Å². The summed E-state index contributed by atoms with van der Waals surface area (Å²) in [6.45, 7) is 5.32. The number of amides is 1. The number of likely N-dealkylation sites (N-methyl/N-ethyl adjacent to an activating group) is 1. The van der Waals surface area contributed by atoms with Crippen molar-refractivity contribution in [1.82, 2.24) is 9.88 Å². The van der Waals surface area contributed by atoms with Crippen LogP contribution < -0.4 is 10.6 Å². The monoisotopic (exact) mass is 276 g/mol. The maximum absolute atomic E-state index is 12.3. The summed E-state index contributed by atoms with van der Waals surface area (Å²) in [7, 11) is 3.62. The molecule has 110 valence electrons. The minimum Gasteiger partial charge on any atom is -0.359 e. The lowest BCUT2D eigenvalue weighted by Crippen LogP contribution is -2.43. The zero-order valence-corrected chi connectivity index (χ0v) is 12.8. The highest BCUT2D eigenvalue weighted by molar-refractivity contribution is 5.86. The van der Waals surface area contributed by atoms with Gasteiger partial charge in [-0.15, -0.1) is 0 Å². The van der Waals surface area contributed by atoms with Gasteiger partial charge in [0.05, 0.1) is 0 Å². The highest BCUT2D eigenvalue weighted by atomic mass is 16.2. The molecule has 1 aliphatic heterocycles. The average Bonchev–Trinajstić information content (AvgIpc) is 2.85. The molecule has 1 aromatic heterocycles. The van der Waals surface area contributed by atoms with E-state index in [0.717, 1.165) is 42.0 Å². The van der Waals surface area contributed by atoms with Crippen molar-refractivity contribution < 1.29 is 4.79 Å². The Morgan fingerprint density at radius 3 is 2.80 bits per heavy atom. The van der Waals surface area contributed by atoms with Crippen molar-refractivity contribution in [2.75, 3.05) is 25.5 Å². The zero-order chi connectivity index (χ0) is 14.9. The molecular formula is C15H24N4O. The smallest absolute Gasteiger partial charge is 0.244 e. The third kappa shape index (κ3) is 2.63. The van der Waals surface area contributed by atoms with Crippen molar-refractivity contribution >= 4 is 11.6 Å². The summed E-state index contributed by atoms with van der Waals surface area (Å²) in [5.74, 6) is 0.164. The lowest BCUT2D eigenvalue weighted by Gasteiger charge is -2.30. The standard InChI is InChI=1S/C15H24N4O/c1-10-8-14(12(9-16)11(2)17-10)19-7-5-6-13(19)15(20)18(3)4/h8,13H,5-7,9,16H2,1-4H3. The summed E-state index contributed by atoms with van der Waals surface area (Å²) in [6.07, 6.45) is 1.94. The van der Waals surface area contributed by atoms with Gasteiger partial charge >= 0.3 is 0 Å². The van der Waals surface area contributed by atoms with E-state index in [4.69, 9.17) is 5.73 Å². The molecule has 0 spiro atoms. The van der Waals surface area contributed by atoms with Crippen molar-refractivity contribution in [3.63, 3.8) is 0 Å². The highest BCUT2D eigenvalue weighted by Gasteiger charge is 2.33. The van der Waals surface area contributed by atoms with E-state index in [2.05, 4.69) is 16.0 Å². The molecule has 1 fully saturated rings. The predicted octanol–water partition coefficient (Wildman–Crippen LogP) is 1.21. The Balaban J connectivity index is 2.42. The number of rotatable bonds is 3. The molecular weight excluding hydrogens is 252 g/mol. The maximum atomic E-state index is 12.3. The van der Waals surface area contributed by atoms with E-state index >= 15 is 0 Å². The van der Waals surface area contributed by atoms with Gasteiger partial charge in [-0.2, -0.15) is 0 Å². The van der Waals surface area contributed by atoms with Crippen LogP contribution >= 0.6 is 0 Å². The number of pyridine rings is 1. The minimum absolute atomic E-state index is 0.0727. The number of nitrogens with zero attached hydrogens (tertiary/aromatic N) is 3. The van der Waals surface area contributed by atoms with Crippen molar-refractivity contribution in [3.05, 3.63) is 23.0 Å². The van der Waals surface area contributed by atoms with E-state index < -0.39 is 0 Å². The van der Waals surface area contributed by atoms with Crippen LogP contribution in [0.2, 0.25) is 0 Å². The Hall–Kier alpha value is -1.62. The Morgan fingerprint density at radius 1 is 1.50 bits per heavy atom. The van der Waals surface area contributed by atoms with Gasteiger partial charge in [0.2, 0.25) is 5.91 Å². The second-order valence-electron chi connectivity index (χ2n) is 5.63. The number of carbonyl (C=O) groups excluding carboxylic acids is 1. The predicted molar refractivity (Wildman–Crippen MR) is 80.7 cm³/mol. The molecule has 5 nitrogen and oxygen atoms in total. The second-order valence-corrected chi connectivity index (χ2v) is 5.63. The van der Waals surface area contributed by atoms with E-state index in [1.807, 2.05) is 27.9 Å². The second kappa shape index (κ2) is 5.79. The summed E-state index contributed by atoms with van der Waals surface area (Å²) in [4.78, 5) is 20.7. The molecule has 5 heteroatoms. The molecule has 0 radical (unpaired) electrons. The van der Waals surface area contributed by atoms with Gasteiger partial charge in [-0.3, -0.25) is 9.78 Å². The lowest BCUT2D eigenvalue weighted by atomic mass is 10.1. The van der Waals surface area contributed by atoms with E-state index in [1.54, 1.807) is 4.90 Å². The van der Waals surface area contributed by atoms with Gasteiger partial charge in [0, 0.05) is 49.8 Å². The van der Waals surface area contributed by atoms with Gasteiger partial charge in [0.1, 0.15) is 6.04 Å². The topological polar surface area (TPSA) is 62.5 Å². The number of hydrogen-bond donors (Lipinski definition) is 1. The van der Waals surface area contributed by atoms with Gasteiger partial charge in [-0.05, 0) is 32.8 Å². The fraction of sp³-hybridized carbons (Fsp3) is 0.600. The van der Waals surface area contributed by atoms with E-state index in [9.17, 15) is 4.79 Å². The van der Waals surface area contributed by atoms with Crippen LogP contribution in [0.3, 0.4) is 0 Å². The number of aromatic nitrogens is 1. The summed E-state index contributed by atoms with van der Waals surface area (Å²) in [6, 6.07) is 1.98. The first-order valence-electron chi connectivity index (χ1n) is 7.10. The third-order valence-corrected chi connectivity index (χ3v) is 3.93. The molecule has 2 rings (SSSR count). The van der Waals surface area contributed by atoms with Crippen molar-refractivity contribution in [2.24, 2.45) is 5.73 Å². The SMILES string of the molecule is Cc1cc(N2CCCC2C(=O)N(C)C)c(CN)c(C)n1. The van der Waals surface area contributed by atoms with Gasteiger partial charge in [0.15, 0.2) is 0 Å². The summed E-state index contributed by atoms with van der Waals surface area (Å²) < 4.78 is 0. The molecule has 20 heavy (non-hydrogen) atoms. The number of aryl methyl sites for hydroxylation is 2. The Labute approximate surface area is 120 Å². The maximum Gasteiger partial charge on any atom is 0.244 e. The van der Waals surface area contributed by atoms with Crippen LogP contribution in [0, 0.1) is 13.8 Å². The van der Waals surface area contributed by atoms with Crippen LogP contribution in [-0.4, -0.2) is 42.5 Å². The molecule has 1 saturated heterocycles. The molecule has 0 bridgehead atoms. The molecule has 2 heterocycles. The highest BCUT2D eigenvalue weighted by Crippen LogP contribution is 2.31. The lowest BCUT2D eigenvalue weighted by molar-refractivity contribution is -0.129. The minimum atomic E-state index is -0.0727. The van der Waals surface area contributed by atoms with Gasteiger partial charge < -0.3 is 15.5 Å². The summed E-state index contributed by atoms with van der Waals surface area (Å²) in [5, 5.41) is 0. The molecule has 1 atom stereocenters. The fourth-order valence-electron chi connectivity index (χ4n) is 2.95. The van der Waals surface area contributed by atoms with Gasteiger partial charge in [-0.25, -0.2) is 0 Å². The molecule has 0 saturated carbocycles. The van der Waals surface area contributed by atoms with Crippen molar-refractivity contribution in [3.8, 4) is 0 Å². The first kappa shape index (κ1) is 14.8. The fourth-order valence-corrected chi connectivity index (χ4v) is 2.95. The average molecular weight is 276 g/mol. The number of anilines is 1. The third-order valence-electron chi connectivity index (χ3n) is 3.93. The van der Waals surface area contributed by atoms with Crippen LogP contribution in [0.15, 0.2) is 6.07 Å². The first-order valence-corrected chi connectivity index (χ1v) is 7.10. The Bertz CT molecular complexity index is 513. The number of hydrogen-bond acceptors (Lipinski definition) is 4. The van der Waals surface area contributed by atoms with Crippen LogP contribution in [0.4, 0.5) is 5.69 Å². The Morgan fingerprint density at radius 2 is 2.20 bits per heavy atom. The van der Waals surface area contributed by atoms with E-state index in [1.165, 1.54) is 0 Å². The first-order chi connectivity index (χ1) is 9.45. The largest absolute Gasteiger partial charge is 0.359 e. The Kier molecular flexibility index (Phi) is 4.28. The van der Waals surface area contributed by atoms with E-state index in [-0.39, 0.29) is 11.9 Å². The van der Waals surface area contributed by atoms with E-state index in [0.29, 0.717) is 6.54 Å². The zero-order valence-electron chi connectivity index (χ0n) is 12.8. The van der Waals surface area contributed by atoms with Crippen LogP contribution in [0.1, 0.15) is 29.8 Å². The van der Waals surface area contributed by atoms with Crippen LogP contribution in [0.5, 0.6) is 0 Å². The van der Waals surface area contributed by atoms with Crippen molar-refractivity contribution in [1.29, 1.82) is 0 Å². The number of carbonyl (C=O) groups is 1. The molecule has 0 aliphatic carbocycles. The molecule has 0 aromatic carbocycles. The molecule has 2 N–H and O–H groups in total. The molecule has 1 amide bonds. The van der Waals surface area contributed by atoms with Crippen LogP contribution in [-0.2, 0) is 11.3 Å². The quantitative estimate of drug-likeness (QED) is 0.901. The number of nitrogens with two attached hydrogens (primary N) is 1. The summed E-state index contributed by atoms with van der Waals surface area (Å²) >= 11 is 0. The van der Waals surface area contributed by atoms with Gasteiger partial charge in [0.25, 0.3) is 0 Å². The molecule has 1 aliphatic rings. The normalized spacial score (nSPS) is 18.4. The molecule has 1 unspecified atom stereocenters. The van der Waals surface area contributed by atoms with Gasteiger partial charge in [-0.1, -0.05) is 0 Å². The summed E-state index contributed by atoms with van der Waals surface area (Å²) in [5.41, 5.74) is 9.95. The van der Waals surface area contributed by atoms with Crippen LogP contribution in [0.25, 0.3) is 0 Å². The molecule has 1 aromatic rings.